The predicted molar refractivity (Wildman–Crippen MR) is 90.4 cm³/mol. The van der Waals surface area contributed by atoms with Crippen molar-refractivity contribution in [1.82, 2.24) is 0 Å². The molecule has 3 rings (SSSR count). The molecule has 0 saturated carbocycles. The normalized spacial score (nSPS) is 12.0. The largest absolute Gasteiger partial charge is 0.0622 e. The van der Waals surface area contributed by atoms with Gasteiger partial charge in [0.25, 0.3) is 0 Å². The molecule has 0 aliphatic rings. The van der Waals surface area contributed by atoms with E-state index < -0.39 is 0 Å². The molecule has 0 fully saturated rings. The highest BCUT2D eigenvalue weighted by Gasteiger charge is 2.10. The summed E-state index contributed by atoms with van der Waals surface area (Å²) in [6.07, 6.45) is 1.06. The van der Waals surface area contributed by atoms with Gasteiger partial charge in [-0.1, -0.05) is 91.9 Å². The second-order valence-electron chi connectivity index (χ2n) is 5.54. The summed E-state index contributed by atoms with van der Waals surface area (Å²) in [5, 5.41) is 0. The molecule has 3 aromatic rings. The third kappa shape index (κ3) is 3.22. The molecule has 21 heavy (non-hydrogen) atoms. The fraction of sp³-hybridized carbons (Fsp3) is 0.143. The first-order valence-corrected chi connectivity index (χ1v) is 7.53. The van der Waals surface area contributed by atoms with Gasteiger partial charge in [0.15, 0.2) is 0 Å². The minimum absolute atomic E-state index is 0.524. The Bertz CT molecular complexity index is 683. The van der Waals surface area contributed by atoms with Crippen molar-refractivity contribution < 1.29 is 0 Å². The highest BCUT2D eigenvalue weighted by atomic mass is 14.1. The molecule has 0 spiro atoms. The molecule has 0 amide bonds. The van der Waals surface area contributed by atoms with Crippen molar-refractivity contribution in [3.8, 4) is 11.1 Å². The summed E-state index contributed by atoms with van der Waals surface area (Å²) in [5.74, 6) is 0.524. The van der Waals surface area contributed by atoms with Gasteiger partial charge in [0, 0.05) is 0 Å². The van der Waals surface area contributed by atoms with Gasteiger partial charge in [0.05, 0.1) is 0 Å². The van der Waals surface area contributed by atoms with Crippen LogP contribution in [0.5, 0.6) is 0 Å². The molecule has 0 heteroatoms. The first-order chi connectivity index (χ1) is 10.3. The van der Waals surface area contributed by atoms with Crippen molar-refractivity contribution in [3.05, 3.63) is 96.1 Å². The van der Waals surface area contributed by atoms with Crippen molar-refractivity contribution >= 4 is 0 Å². The van der Waals surface area contributed by atoms with E-state index >= 15 is 0 Å². The third-order valence-electron chi connectivity index (χ3n) is 4.00. The average Bonchev–Trinajstić information content (AvgIpc) is 2.57. The smallest absolute Gasteiger partial charge is 0.0150 e. The first-order valence-electron chi connectivity index (χ1n) is 7.53. The number of hydrogen-bond donors (Lipinski definition) is 0. The monoisotopic (exact) mass is 272 g/mol. The van der Waals surface area contributed by atoms with Gasteiger partial charge in [0.2, 0.25) is 0 Å². The summed E-state index contributed by atoms with van der Waals surface area (Å²) >= 11 is 0. The van der Waals surface area contributed by atoms with Gasteiger partial charge in [0.1, 0.15) is 0 Å². The summed E-state index contributed by atoms with van der Waals surface area (Å²) in [5.41, 5.74) is 5.47. The molecule has 0 N–H and O–H groups in total. The Labute approximate surface area is 127 Å². The van der Waals surface area contributed by atoms with Gasteiger partial charge in [-0.2, -0.15) is 0 Å². The predicted octanol–water partition coefficient (Wildman–Crippen LogP) is 5.70. The lowest BCUT2D eigenvalue weighted by Crippen LogP contribution is -2.00. The molecule has 1 atom stereocenters. The van der Waals surface area contributed by atoms with E-state index in [1.165, 1.54) is 22.3 Å². The van der Waals surface area contributed by atoms with Crippen molar-refractivity contribution in [2.75, 3.05) is 0 Å². The van der Waals surface area contributed by atoms with Gasteiger partial charge < -0.3 is 0 Å². The second kappa shape index (κ2) is 6.41. The molecule has 0 saturated heterocycles. The van der Waals surface area contributed by atoms with E-state index in [0.29, 0.717) is 5.92 Å². The van der Waals surface area contributed by atoms with E-state index in [0.717, 1.165) is 6.42 Å². The Kier molecular flexibility index (Phi) is 4.16. The second-order valence-corrected chi connectivity index (χ2v) is 5.54. The topological polar surface area (TPSA) is 0 Å². The van der Waals surface area contributed by atoms with Gasteiger partial charge in [-0.25, -0.2) is 0 Å². The lowest BCUT2D eigenvalue weighted by Gasteiger charge is -2.15. The van der Waals surface area contributed by atoms with Gasteiger partial charge in [-0.05, 0) is 34.6 Å². The zero-order valence-corrected chi connectivity index (χ0v) is 12.4. The van der Waals surface area contributed by atoms with Crippen LogP contribution in [0.3, 0.4) is 0 Å². The maximum absolute atomic E-state index is 2.30. The SMILES string of the molecule is CC(Cc1ccccc1-c1ccccc1)c1ccccc1. The first kappa shape index (κ1) is 13.6. The molecule has 0 bridgehead atoms. The molecule has 0 aliphatic carbocycles. The van der Waals surface area contributed by atoms with Crippen LogP contribution in [0.1, 0.15) is 24.0 Å². The van der Waals surface area contributed by atoms with Gasteiger partial charge >= 0.3 is 0 Å². The molecule has 0 radical (unpaired) electrons. The van der Waals surface area contributed by atoms with Crippen molar-refractivity contribution in [1.29, 1.82) is 0 Å². The summed E-state index contributed by atoms with van der Waals surface area (Å²) in [4.78, 5) is 0. The Morgan fingerprint density at radius 3 is 1.95 bits per heavy atom. The van der Waals surface area contributed by atoms with Crippen LogP contribution in [0.15, 0.2) is 84.9 Å². The van der Waals surface area contributed by atoms with Crippen LogP contribution < -0.4 is 0 Å². The summed E-state index contributed by atoms with van der Waals surface area (Å²) in [6, 6.07) is 30.1. The van der Waals surface area contributed by atoms with Crippen LogP contribution in [0.25, 0.3) is 11.1 Å². The van der Waals surface area contributed by atoms with Crippen LogP contribution in [0, 0.1) is 0 Å². The molecule has 3 aromatic carbocycles. The van der Waals surface area contributed by atoms with Crippen LogP contribution >= 0.6 is 0 Å². The molecule has 0 nitrogen and oxygen atoms in total. The van der Waals surface area contributed by atoms with Crippen LogP contribution in [0.4, 0.5) is 0 Å². The molecule has 0 heterocycles. The third-order valence-corrected chi connectivity index (χ3v) is 4.00. The Morgan fingerprint density at radius 2 is 1.24 bits per heavy atom. The van der Waals surface area contributed by atoms with Crippen LogP contribution in [-0.2, 0) is 6.42 Å². The zero-order chi connectivity index (χ0) is 14.5. The minimum Gasteiger partial charge on any atom is -0.0622 e. The Morgan fingerprint density at radius 1 is 0.667 bits per heavy atom. The summed E-state index contributed by atoms with van der Waals surface area (Å²) in [7, 11) is 0. The van der Waals surface area contributed by atoms with E-state index in [4.69, 9.17) is 0 Å². The number of rotatable bonds is 4. The summed E-state index contributed by atoms with van der Waals surface area (Å²) < 4.78 is 0. The van der Waals surface area contributed by atoms with Gasteiger partial charge in [-0.3, -0.25) is 0 Å². The molecule has 1 unspecified atom stereocenters. The molecule has 104 valence electrons. The van der Waals surface area contributed by atoms with E-state index in [1.54, 1.807) is 0 Å². The minimum atomic E-state index is 0.524. The fourth-order valence-electron chi connectivity index (χ4n) is 2.83. The van der Waals surface area contributed by atoms with Crippen LogP contribution in [0.2, 0.25) is 0 Å². The molecular formula is C21H20. The standard InChI is InChI=1S/C21H20/c1-17(18-10-4-2-5-11-18)16-20-14-8-9-15-21(20)19-12-6-3-7-13-19/h2-15,17H,16H2,1H3. The quantitative estimate of drug-likeness (QED) is 0.571. The number of hydrogen-bond acceptors (Lipinski definition) is 0. The summed E-state index contributed by atoms with van der Waals surface area (Å²) in [6.45, 7) is 2.30. The van der Waals surface area contributed by atoms with E-state index in [1.807, 2.05) is 0 Å². The fourth-order valence-corrected chi connectivity index (χ4v) is 2.83. The van der Waals surface area contributed by atoms with Crippen LogP contribution in [-0.4, -0.2) is 0 Å². The Balaban J connectivity index is 1.90. The molecule has 0 aromatic heterocycles. The van der Waals surface area contributed by atoms with Gasteiger partial charge in [-0.15, -0.1) is 0 Å². The van der Waals surface area contributed by atoms with Crippen molar-refractivity contribution in [3.63, 3.8) is 0 Å². The maximum Gasteiger partial charge on any atom is -0.0150 e. The number of benzene rings is 3. The molecular weight excluding hydrogens is 252 g/mol. The zero-order valence-electron chi connectivity index (χ0n) is 12.4. The average molecular weight is 272 g/mol. The maximum atomic E-state index is 2.30. The highest BCUT2D eigenvalue weighted by Crippen LogP contribution is 2.28. The Hall–Kier alpha value is -2.34. The van der Waals surface area contributed by atoms with E-state index in [-0.39, 0.29) is 0 Å². The highest BCUT2D eigenvalue weighted by molar-refractivity contribution is 5.67. The van der Waals surface area contributed by atoms with E-state index in [9.17, 15) is 0 Å². The van der Waals surface area contributed by atoms with Crippen molar-refractivity contribution in [2.24, 2.45) is 0 Å². The lowest BCUT2D eigenvalue weighted by molar-refractivity contribution is 0.760. The molecule has 0 aliphatic heterocycles. The van der Waals surface area contributed by atoms with Crippen molar-refractivity contribution in [2.45, 2.75) is 19.3 Å². The lowest BCUT2D eigenvalue weighted by atomic mass is 9.89. The van der Waals surface area contributed by atoms with E-state index in [2.05, 4.69) is 91.9 Å².